The molecule has 1 aromatic heterocycles. The zero-order chi connectivity index (χ0) is 14.7. The van der Waals surface area contributed by atoms with Crippen LogP contribution in [-0.4, -0.2) is 35.4 Å². The smallest absolute Gasteiger partial charge is 0.257 e. The van der Waals surface area contributed by atoms with Crippen molar-refractivity contribution in [1.82, 2.24) is 9.88 Å². The van der Waals surface area contributed by atoms with Gasteiger partial charge in [-0.2, -0.15) is 0 Å². The molecule has 1 aliphatic heterocycles. The summed E-state index contributed by atoms with van der Waals surface area (Å²) < 4.78 is 0. The number of aromatic nitrogens is 1. The third kappa shape index (κ3) is 3.07. The summed E-state index contributed by atoms with van der Waals surface area (Å²) in [5.41, 5.74) is -0.138. The van der Waals surface area contributed by atoms with Crippen LogP contribution >= 0.6 is 0 Å². The van der Waals surface area contributed by atoms with Gasteiger partial charge in [0.25, 0.3) is 5.56 Å². The predicted molar refractivity (Wildman–Crippen MR) is 83.5 cm³/mol. The van der Waals surface area contributed by atoms with E-state index >= 15 is 0 Å². The Balaban J connectivity index is 1.70. The van der Waals surface area contributed by atoms with Crippen molar-refractivity contribution in [2.45, 2.75) is 19.3 Å². The first-order valence-electron chi connectivity index (χ1n) is 7.38. The van der Waals surface area contributed by atoms with Crippen LogP contribution in [0, 0.1) is 0 Å². The SMILES string of the molecule is O=C(CNc1cc2ccccc2c(=O)[nH]1)N1CCCCC1. The molecule has 1 fully saturated rings. The zero-order valence-electron chi connectivity index (χ0n) is 11.9. The van der Waals surface area contributed by atoms with Gasteiger partial charge < -0.3 is 15.2 Å². The maximum absolute atomic E-state index is 12.1. The van der Waals surface area contributed by atoms with Crippen LogP contribution in [0.25, 0.3) is 10.8 Å². The fraction of sp³-hybridized carbons (Fsp3) is 0.375. The Hall–Kier alpha value is -2.30. The molecular formula is C16H19N3O2. The van der Waals surface area contributed by atoms with Crippen molar-refractivity contribution in [1.29, 1.82) is 0 Å². The number of fused-ring (bicyclic) bond motifs is 1. The van der Waals surface area contributed by atoms with Gasteiger partial charge in [0, 0.05) is 18.5 Å². The minimum absolute atomic E-state index is 0.0868. The summed E-state index contributed by atoms with van der Waals surface area (Å²) in [5.74, 6) is 0.674. The summed E-state index contributed by atoms with van der Waals surface area (Å²) in [7, 11) is 0. The first kappa shape index (κ1) is 13.7. The molecule has 1 saturated heterocycles. The van der Waals surface area contributed by atoms with Crippen LogP contribution in [0.3, 0.4) is 0 Å². The molecule has 3 rings (SSSR count). The van der Waals surface area contributed by atoms with Crippen molar-refractivity contribution >= 4 is 22.5 Å². The van der Waals surface area contributed by atoms with Crippen molar-refractivity contribution in [2.75, 3.05) is 25.0 Å². The van der Waals surface area contributed by atoms with Gasteiger partial charge in [-0.15, -0.1) is 0 Å². The van der Waals surface area contributed by atoms with Gasteiger partial charge in [0.1, 0.15) is 5.82 Å². The third-order valence-corrected chi connectivity index (χ3v) is 3.89. The number of carbonyl (C=O) groups is 1. The molecule has 5 nitrogen and oxygen atoms in total. The summed E-state index contributed by atoms with van der Waals surface area (Å²) in [6, 6.07) is 9.27. The van der Waals surface area contributed by atoms with Gasteiger partial charge in [-0.05, 0) is 36.8 Å². The van der Waals surface area contributed by atoms with Gasteiger partial charge in [-0.1, -0.05) is 18.2 Å². The number of carbonyl (C=O) groups excluding carboxylic acids is 1. The molecule has 0 saturated carbocycles. The monoisotopic (exact) mass is 285 g/mol. The van der Waals surface area contributed by atoms with E-state index in [1.54, 1.807) is 6.07 Å². The molecule has 0 spiro atoms. The number of pyridine rings is 1. The number of amides is 1. The molecule has 0 unspecified atom stereocenters. The highest BCUT2D eigenvalue weighted by Crippen LogP contribution is 2.13. The van der Waals surface area contributed by atoms with Gasteiger partial charge in [0.15, 0.2) is 0 Å². The fourth-order valence-corrected chi connectivity index (χ4v) is 2.73. The van der Waals surface area contributed by atoms with Crippen LogP contribution in [-0.2, 0) is 4.79 Å². The van der Waals surface area contributed by atoms with E-state index in [4.69, 9.17) is 0 Å². The second-order valence-corrected chi connectivity index (χ2v) is 5.39. The Morgan fingerprint density at radius 1 is 1.19 bits per heavy atom. The predicted octanol–water partition coefficient (Wildman–Crippen LogP) is 1.95. The van der Waals surface area contributed by atoms with E-state index in [0.717, 1.165) is 31.3 Å². The van der Waals surface area contributed by atoms with Crippen LogP contribution in [0.4, 0.5) is 5.82 Å². The average Bonchev–Trinajstić information content (AvgIpc) is 2.53. The summed E-state index contributed by atoms with van der Waals surface area (Å²) in [6.45, 7) is 1.90. The fourth-order valence-electron chi connectivity index (χ4n) is 2.73. The molecule has 0 atom stereocenters. The quantitative estimate of drug-likeness (QED) is 0.906. The van der Waals surface area contributed by atoms with Crippen molar-refractivity contribution in [3.05, 3.63) is 40.7 Å². The molecule has 2 aromatic rings. The van der Waals surface area contributed by atoms with Crippen molar-refractivity contribution < 1.29 is 4.79 Å². The maximum atomic E-state index is 12.1. The van der Waals surface area contributed by atoms with Crippen molar-refractivity contribution in [2.24, 2.45) is 0 Å². The number of rotatable bonds is 3. The molecule has 0 bridgehead atoms. The van der Waals surface area contributed by atoms with Gasteiger partial charge in [0.2, 0.25) is 5.91 Å². The van der Waals surface area contributed by atoms with Gasteiger partial charge in [0.05, 0.1) is 6.54 Å². The standard InChI is InChI=1S/C16H19N3O2/c20-15(19-8-4-1-5-9-19)11-17-14-10-12-6-2-3-7-13(12)16(21)18-14/h2-3,6-7,10H,1,4-5,8-9,11H2,(H2,17,18,21). The van der Waals surface area contributed by atoms with Crippen molar-refractivity contribution in [3.63, 3.8) is 0 Å². The van der Waals surface area contributed by atoms with E-state index in [1.807, 2.05) is 29.2 Å². The summed E-state index contributed by atoms with van der Waals surface area (Å²) in [5, 5.41) is 4.56. The molecule has 110 valence electrons. The molecule has 1 amide bonds. The average molecular weight is 285 g/mol. The lowest BCUT2D eigenvalue weighted by molar-refractivity contribution is -0.130. The van der Waals surface area contributed by atoms with Crippen LogP contribution in [0.1, 0.15) is 19.3 Å². The Morgan fingerprint density at radius 3 is 2.76 bits per heavy atom. The molecule has 0 radical (unpaired) electrons. The Bertz CT molecular complexity index is 702. The maximum Gasteiger partial charge on any atom is 0.257 e. The normalized spacial score (nSPS) is 15.1. The molecule has 1 aliphatic rings. The Labute approximate surface area is 123 Å². The summed E-state index contributed by atoms with van der Waals surface area (Å²) in [4.78, 5) is 28.7. The van der Waals surface area contributed by atoms with Crippen LogP contribution in [0.5, 0.6) is 0 Å². The molecule has 5 heteroatoms. The molecule has 21 heavy (non-hydrogen) atoms. The second kappa shape index (κ2) is 5.99. The van der Waals surface area contributed by atoms with Crippen molar-refractivity contribution in [3.8, 4) is 0 Å². The summed E-state index contributed by atoms with van der Waals surface area (Å²) in [6.07, 6.45) is 3.37. The van der Waals surface area contributed by atoms with Crippen LogP contribution in [0.15, 0.2) is 35.1 Å². The lowest BCUT2D eigenvalue weighted by atomic mass is 10.1. The van der Waals surface area contributed by atoms with Gasteiger partial charge in [-0.3, -0.25) is 9.59 Å². The van der Waals surface area contributed by atoms with E-state index < -0.39 is 0 Å². The Morgan fingerprint density at radius 2 is 1.95 bits per heavy atom. The first-order chi connectivity index (χ1) is 10.2. The number of benzene rings is 1. The lowest BCUT2D eigenvalue weighted by Gasteiger charge is -2.26. The summed E-state index contributed by atoms with van der Waals surface area (Å²) >= 11 is 0. The topological polar surface area (TPSA) is 65.2 Å². The second-order valence-electron chi connectivity index (χ2n) is 5.39. The van der Waals surface area contributed by atoms with Crippen LogP contribution < -0.4 is 10.9 Å². The number of nitrogens with zero attached hydrogens (tertiary/aromatic N) is 1. The van der Waals surface area contributed by atoms with E-state index in [9.17, 15) is 9.59 Å². The zero-order valence-corrected chi connectivity index (χ0v) is 11.9. The van der Waals surface area contributed by atoms with E-state index in [1.165, 1.54) is 6.42 Å². The number of aromatic amines is 1. The molecule has 2 heterocycles. The number of anilines is 1. The van der Waals surface area contributed by atoms with Gasteiger partial charge in [-0.25, -0.2) is 0 Å². The van der Waals surface area contributed by atoms with E-state index in [-0.39, 0.29) is 18.0 Å². The first-order valence-corrected chi connectivity index (χ1v) is 7.38. The number of likely N-dealkylation sites (tertiary alicyclic amines) is 1. The minimum atomic E-state index is -0.138. The van der Waals surface area contributed by atoms with Crippen LogP contribution in [0.2, 0.25) is 0 Å². The highest BCUT2D eigenvalue weighted by atomic mass is 16.2. The van der Waals surface area contributed by atoms with E-state index in [2.05, 4.69) is 10.3 Å². The highest BCUT2D eigenvalue weighted by molar-refractivity contribution is 5.85. The molecule has 2 N–H and O–H groups in total. The molecular weight excluding hydrogens is 266 g/mol. The molecule has 0 aliphatic carbocycles. The van der Waals surface area contributed by atoms with E-state index in [0.29, 0.717) is 11.2 Å². The Kier molecular flexibility index (Phi) is 3.90. The van der Waals surface area contributed by atoms with Gasteiger partial charge >= 0.3 is 0 Å². The number of H-pyrrole nitrogens is 1. The number of hydrogen-bond donors (Lipinski definition) is 2. The lowest BCUT2D eigenvalue weighted by Crippen LogP contribution is -2.39. The molecule has 1 aromatic carbocycles. The third-order valence-electron chi connectivity index (χ3n) is 3.89. The highest BCUT2D eigenvalue weighted by Gasteiger charge is 2.16. The minimum Gasteiger partial charge on any atom is -0.362 e. The number of piperidine rings is 1. The number of nitrogens with one attached hydrogen (secondary N) is 2. The largest absolute Gasteiger partial charge is 0.362 e. The number of hydrogen-bond acceptors (Lipinski definition) is 3.